The smallest absolute Gasteiger partial charge is 0.189 e. The van der Waals surface area contributed by atoms with Crippen molar-refractivity contribution in [3.63, 3.8) is 0 Å². The topological polar surface area (TPSA) is 64.8 Å². The fraction of sp³-hybridized carbons (Fsp3) is 0.276. The number of fused-ring (bicyclic) bond motifs is 1. The number of methoxy groups -OCH3 is 1. The minimum Gasteiger partial charge on any atom is -0.497 e. The molecule has 0 aliphatic rings. The molecule has 0 amide bonds. The minimum atomic E-state index is 0.220. The van der Waals surface area contributed by atoms with Gasteiger partial charge in [0, 0.05) is 29.8 Å². The lowest BCUT2D eigenvalue weighted by molar-refractivity contribution is 0.341. The van der Waals surface area contributed by atoms with Gasteiger partial charge in [0.25, 0.3) is 0 Å². The Balaban J connectivity index is 1.67. The van der Waals surface area contributed by atoms with Crippen molar-refractivity contribution < 1.29 is 9.47 Å². The summed E-state index contributed by atoms with van der Waals surface area (Å²) in [4.78, 5) is 3.29. The number of benzene rings is 2. The van der Waals surface area contributed by atoms with Crippen molar-refractivity contribution in [2.24, 2.45) is 0 Å². The van der Waals surface area contributed by atoms with Crippen LogP contribution in [0, 0.1) is 0 Å². The zero-order valence-corrected chi connectivity index (χ0v) is 22.8. The maximum atomic E-state index is 5.86. The van der Waals surface area contributed by atoms with Crippen molar-refractivity contribution in [3.8, 4) is 34.0 Å². The third kappa shape index (κ3) is 4.64. The number of ether oxygens (including phenoxy) is 2. The molecule has 0 spiro atoms. The lowest BCUT2D eigenvalue weighted by Crippen LogP contribution is -2.09. The lowest BCUT2D eigenvalue weighted by Gasteiger charge is -2.12. The summed E-state index contributed by atoms with van der Waals surface area (Å²) in [7, 11) is 5.83. The number of rotatable bonds is 8. The fourth-order valence-electron chi connectivity index (χ4n) is 4.41. The van der Waals surface area contributed by atoms with Gasteiger partial charge in [-0.3, -0.25) is 0 Å². The first kappa shape index (κ1) is 24.8. The van der Waals surface area contributed by atoms with Crippen LogP contribution in [0.2, 0.25) is 0 Å². The van der Waals surface area contributed by atoms with E-state index in [1.165, 1.54) is 10.6 Å². The Hall–Kier alpha value is -3.91. The monoisotopic (exact) mass is 513 g/mol. The summed E-state index contributed by atoms with van der Waals surface area (Å²) in [5.74, 6) is 2.52. The fourth-order valence-corrected chi connectivity index (χ4v) is 5.45. The molecule has 0 N–H and O–H groups in total. The Labute approximate surface area is 221 Å². The molecule has 37 heavy (non-hydrogen) atoms. The van der Waals surface area contributed by atoms with Crippen LogP contribution in [0.4, 0.5) is 5.00 Å². The number of nitrogens with zero attached hydrogens (tertiary/aromatic N) is 5. The second-order valence-corrected chi connectivity index (χ2v) is 10.3. The zero-order chi connectivity index (χ0) is 26.1. The van der Waals surface area contributed by atoms with Crippen LogP contribution in [0.5, 0.6) is 11.5 Å². The van der Waals surface area contributed by atoms with E-state index in [0.717, 1.165) is 44.1 Å². The summed E-state index contributed by atoms with van der Waals surface area (Å²) in [6.45, 7) is 6.86. The third-order valence-electron chi connectivity index (χ3n) is 6.17. The quantitative estimate of drug-likeness (QED) is 0.267. The van der Waals surface area contributed by atoms with Crippen LogP contribution in [0.15, 0.2) is 54.6 Å². The number of hydrogen-bond donors (Lipinski definition) is 0. The molecule has 0 saturated heterocycles. The Morgan fingerprint density at radius 1 is 1.03 bits per heavy atom. The zero-order valence-electron chi connectivity index (χ0n) is 22.0. The van der Waals surface area contributed by atoms with Gasteiger partial charge in [-0.05, 0) is 54.8 Å². The molecule has 0 bridgehead atoms. The number of hydrogen-bond acceptors (Lipinski definition) is 7. The molecule has 2 aromatic carbocycles. The van der Waals surface area contributed by atoms with Gasteiger partial charge in [-0.1, -0.05) is 38.1 Å². The van der Waals surface area contributed by atoms with Gasteiger partial charge in [-0.2, -0.15) is 9.61 Å². The number of aromatic nitrogens is 4. The van der Waals surface area contributed by atoms with Gasteiger partial charge in [0.15, 0.2) is 11.5 Å². The highest BCUT2D eigenvalue weighted by Gasteiger charge is 2.20. The molecule has 0 fully saturated rings. The molecule has 3 aromatic heterocycles. The molecular formula is C29H31N5O2S. The lowest BCUT2D eigenvalue weighted by atomic mass is 10.1. The molecular weight excluding hydrogens is 482 g/mol. The van der Waals surface area contributed by atoms with E-state index in [0.29, 0.717) is 12.4 Å². The highest BCUT2D eigenvalue weighted by atomic mass is 32.1. The van der Waals surface area contributed by atoms with Crippen LogP contribution in [-0.4, -0.2) is 47.6 Å². The summed E-state index contributed by atoms with van der Waals surface area (Å²) in [6, 6.07) is 18.3. The predicted octanol–water partition coefficient (Wildman–Crippen LogP) is 5.66. The van der Waals surface area contributed by atoms with E-state index in [1.807, 2.05) is 47.8 Å². The standard InChI is InChI=1S/C29H31N5O2S/c1-7-36-25-11-9-8-10-22(25)27-30-31-28-24(26(18(2)3)32-34(27)28)17-21-16-23(29(37-21)33(4)5)19-12-14-20(35-6)15-13-19/h8-18H,7H2,1-6H3/b24-17-. The highest BCUT2D eigenvalue weighted by Crippen LogP contribution is 2.39. The molecule has 0 atom stereocenters. The Kier molecular flexibility index (Phi) is 6.84. The molecule has 0 aliphatic heterocycles. The van der Waals surface area contributed by atoms with Crippen molar-refractivity contribution in [2.45, 2.75) is 26.7 Å². The first-order valence-corrected chi connectivity index (χ1v) is 13.2. The van der Waals surface area contributed by atoms with E-state index in [1.54, 1.807) is 18.4 Å². The van der Waals surface area contributed by atoms with Gasteiger partial charge in [-0.25, -0.2) is 0 Å². The molecule has 0 aliphatic carbocycles. The van der Waals surface area contributed by atoms with Crippen LogP contribution < -0.4 is 19.6 Å². The Morgan fingerprint density at radius 2 is 1.78 bits per heavy atom. The van der Waals surface area contributed by atoms with Crippen LogP contribution in [0.1, 0.15) is 37.3 Å². The molecule has 0 saturated carbocycles. The largest absolute Gasteiger partial charge is 0.497 e. The van der Waals surface area contributed by atoms with Gasteiger partial charge in [0.05, 0.1) is 30.0 Å². The first-order valence-electron chi connectivity index (χ1n) is 12.4. The van der Waals surface area contributed by atoms with Crippen LogP contribution in [0.3, 0.4) is 0 Å². The molecule has 5 aromatic rings. The van der Waals surface area contributed by atoms with Gasteiger partial charge >= 0.3 is 0 Å². The summed E-state index contributed by atoms with van der Waals surface area (Å²) in [5.41, 5.74) is 4.94. The van der Waals surface area contributed by atoms with Gasteiger partial charge in [0.1, 0.15) is 11.5 Å². The SMILES string of the molecule is CCOc1ccccc1-c1nnc2/c(=C\c3cc(-c4ccc(OC)cc4)c(N(C)C)s3)c(C(C)C)nn12. The van der Waals surface area contributed by atoms with Crippen LogP contribution >= 0.6 is 11.3 Å². The van der Waals surface area contributed by atoms with Crippen molar-refractivity contribution in [1.82, 2.24) is 19.8 Å². The van der Waals surface area contributed by atoms with Gasteiger partial charge in [-0.15, -0.1) is 21.5 Å². The van der Waals surface area contributed by atoms with Gasteiger partial charge < -0.3 is 14.4 Å². The van der Waals surface area contributed by atoms with E-state index in [2.05, 4.69) is 67.3 Å². The molecule has 8 heteroatoms. The average molecular weight is 514 g/mol. The van der Waals surface area contributed by atoms with E-state index in [4.69, 9.17) is 14.6 Å². The van der Waals surface area contributed by atoms with Crippen molar-refractivity contribution >= 4 is 28.1 Å². The van der Waals surface area contributed by atoms with Gasteiger partial charge in [0.2, 0.25) is 0 Å². The van der Waals surface area contributed by atoms with Crippen molar-refractivity contribution in [1.29, 1.82) is 0 Å². The molecule has 190 valence electrons. The summed E-state index contributed by atoms with van der Waals surface area (Å²) in [5, 5.41) is 16.3. The second kappa shape index (κ2) is 10.2. The first-order chi connectivity index (χ1) is 17.9. The average Bonchev–Trinajstić information content (AvgIpc) is 3.60. The van der Waals surface area contributed by atoms with E-state index < -0.39 is 0 Å². The van der Waals surface area contributed by atoms with E-state index >= 15 is 0 Å². The summed E-state index contributed by atoms with van der Waals surface area (Å²) < 4.78 is 13.1. The van der Waals surface area contributed by atoms with E-state index in [9.17, 15) is 0 Å². The van der Waals surface area contributed by atoms with Crippen molar-refractivity contribution in [3.05, 3.63) is 70.4 Å². The normalized spacial score (nSPS) is 12.0. The van der Waals surface area contributed by atoms with E-state index in [-0.39, 0.29) is 5.92 Å². The molecule has 0 unspecified atom stereocenters. The van der Waals surface area contributed by atoms with Crippen LogP contribution in [-0.2, 0) is 0 Å². The third-order valence-corrected chi connectivity index (χ3v) is 7.42. The van der Waals surface area contributed by atoms with Crippen LogP contribution in [0.25, 0.3) is 34.2 Å². The highest BCUT2D eigenvalue weighted by molar-refractivity contribution is 7.17. The summed E-state index contributed by atoms with van der Waals surface area (Å²) in [6.07, 6.45) is 2.19. The number of anilines is 1. The maximum absolute atomic E-state index is 5.86. The molecule has 0 radical (unpaired) electrons. The minimum absolute atomic E-state index is 0.220. The second-order valence-electron chi connectivity index (χ2n) is 9.28. The molecule has 5 rings (SSSR count). The number of thiophene rings is 1. The molecule has 7 nitrogen and oxygen atoms in total. The Morgan fingerprint density at radius 3 is 2.46 bits per heavy atom. The maximum Gasteiger partial charge on any atom is 0.189 e. The molecule has 3 heterocycles. The summed E-state index contributed by atoms with van der Waals surface area (Å²) >= 11 is 1.75. The number of para-hydroxylation sites is 1. The van der Waals surface area contributed by atoms with Crippen molar-refractivity contribution in [2.75, 3.05) is 32.7 Å². The predicted molar refractivity (Wildman–Crippen MR) is 151 cm³/mol. The Bertz CT molecular complexity index is 1580.